The molecule has 25 heavy (non-hydrogen) atoms. The molecule has 1 aromatic carbocycles. The number of pyridine rings is 1. The van der Waals surface area contributed by atoms with E-state index in [0.29, 0.717) is 5.65 Å². The predicted molar refractivity (Wildman–Crippen MR) is 108 cm³/mol. The van der Waals surface area contributed by atoms with Gasteiger partial charge in [-0.15, -0.1) is 0 Å². The second-order valence-corrected chi connectivity index (χ2v) is 9.33. The van der Waals surface area contributed by atoms with Gasteiger partial charge < -0.3 is 4.90 Å². The molecule has 0 bridgehead atoms. The molecule has 0 aliphatic carbocycles. The van der Waals surface area contributed by atoms with Crippen molar-refractivity contribution >= 4 is 49.3 Å². The summed E-state index contributed by atoms with van der Waals surface area (Å²) in [5, 5.41) is 0.876. The number of rotatable bonds is 3. The normalized spacial score (nSPS) is 15.2. The Kier molecular flexibility index (Phi) is 4.23. The summed E-state index contributed by atoms with van der Waals surface area (Å²) in [6, 6.07) is 8.95. The largest absolute Gasteiger partial charge is 0.370 e. The van der Waals surface area contributed by atoms with Gasteiger partial charge in [-0.05, 0) is 60.6 Å². The van der Waals surface area contributed by atoms with Gasteiger partial charge in [0.15, 0.2) is 5.65 Å². The first-order valence-electron chi connectivity index (χ1n) is 8.20. The molecule has 1 aliphatic rings. The molecule has 4 rings (SSSR count). The van der Waals surface area contributed by atoms with Crippen LogP contribution >= 0.6 is 22.6 Å². The van der Waals surface area contributed by atoms with Gasteiger partial charge in [-0.3, -0.25) is 0 Å². The average Bonchev–Trinajstić information content (AvgIpc) is 3.24. The van der Waals surface area contributed by atoms with Crippen molar-refractivity contribution in [1.29, 1.82) is 0 Å². The third-order valence-corrected chi connectivity index (χ3v) is 7.12. The molecule has 0 N–H and O–H groups in total. The van der Waals surface area contributed by atoms with E-state index in [4.69, 9.17) is 0 Å². The van der Waals surface area contributed by atoms with Gasteiger partial charge in [0.1, 0.15) is 0 Å². The maximum absolute atomic E-state index is 13.0. The van der Waals surface area contributed by atoms with Crippen LogP contribution < -0.4 is 4.90 Å². The van der Waals surface area contributed by atoms with Gasteiger partial charge in [0.2, 0.25) is 0 Å². The summed E-state index contributed by atoms with van der Waals surface area (Å²) in [6.07, 6.45) is 5.82. The van der Waals surface area contributed by atoms with Crippen molar-refractivity contribution in [2.45, 2.75) is 24.7 Å². The number of aryl methyl sites for hydroxylation is 1. The molecular formula is C18H18IN3O2S. The van der Waals surface area contributed by atoms with E-state index in [-0.39, 0.29) is 4.90 Å². The summed E-state index contributed by atoms with van der Waals surface area (Å²) >= 11 is 2.18. The molecule has 2 aromatic heterocycles. The van der Waals surface area contributed by atoms with Crippen LogP contribution in [0.5, 0.6) is 0 Å². The molecule has 5 nitrogen and oxygen atoms in total. The van der Waals surface area contributed by atoms with Crippen LogP contribution in [0.1, 0.15) is 18.4 Å². The lowest BCUT2D eigenvalue weighted by atomic mass is 10.2. The van der Waals surface area contributed by atoms with E-state index in [1.54, 1.807) is 24.5 Å². The Morgan fingerprint density at radius 1 is 1.12 bits per heavy atom. The van der Waals surface area contributed by atoms with E-state index in [0.717, 1.165) is 33.3 Å². The Labute approximate surface area is 160 Å². The van der Waals surface area contributed by atoms with E-state index < -0.39 is 10.0 Å². The molecule has 0 spiro atoms. The molecule has 0 amide bonds. The Morgan fingerprint density at radius 3 is 2.48 bits per heavy atom. The van der Waals surface area contributed by atoms with Crippen LogP contribution in [0.2, 0.25) is 0 Å². The van der Waals surface area contributed by atoms with Crippen LogP contribution in [0.25, 0.3) is 11.0 Å². The SMILES string of the molecule is Cc1ccc(S(=O)(=O)n2cc(I)c3cc(N4CCCC4)cnc32)cc1. The molecule has 0 saturated carbocycles. The first kappa shape index (κ1) is 16.8. The molecule has 0 atom stereocenters. The van der Waals surface area contributed by atoms with Crippen LogP contribution in [0.3, 0.4) is 0 Å². The first-order valence-corrected chi connectivity index (χ1v) is 10.7. The molecule has 3 heterocycles. The fraction of sp³-hybridized carbons (Fsp3) is 0.278. The number of benzene rings is 1. The summed E-state index contributed by atoms with van der Waals surface area (Å²) in [7, 11) is -3.66. The number of hydrogen-bond acceptors (Lipinski definition) is 4. The molecule has 7 heteroatoms. The molecule has 1 aliphatic heterocycles. The van der Waals surface area contributed by atoms with Gasteiger partial charge in [0.25, 0.3) is 10.0 Å². The first-order chi connectivity index (χ1) is 12.0. The van der Waals surface area contributed by atoms with Gasteiger partial charge in [-0.1, -0.05) is 17.7 Å². The standard InChI is InChI=1S/C18H18IN3O2S/c1-13-4-6-15(7-5-13)25(23,24)22-12-17(19)16-10-14(11-20-18(16)22)21-8-2-3-9-21/h4-7,10-12H,2-3,8-9H2,1H3. The van der Waals surface area contributed by atoms with Crippen molar-refractivity contribution in [3.05, 3.63) is 51.9 Å². The van der Waals surface area contributed by atoms with E-state index in [9.17, 15) is 8.42 Å². The van der Waals surface area contributed by atoms with Crippen molar-refractivity contribution < 1.29 is 8.42 Å². The zero-order valence-electron chi connectivity index (χ0n) is 13.8. The fourth-order valence-corrected chi connectivity index (χ4v) is 5.38. The van der Waals surface area contributed by atoms with Gasteiger partial charge in [0.05, 0.1) is 16.8 Å². The van der Waals surface area contributed by atoms with Crippen LogP contribution in [-0.4, -0.2) is 30.5 Å². The van der Waals surface area contributed by atoms with Crippen LogP contribution in [0, 0.1) is 10.5 Å². The highest BCUT2D eigenvalue weighted by molar-refractivity contribution is 14.1. The number of aromatic nitrogens is 2. The highest BCUT2D eigenvalue weighted by atomic mass is 127. The number of fused-ring (bicyclic) bond motifs is 1. The molecular weight excluding hydrogens is 449 g/mol. The topological polar surface area (TPSA) is 55.2 Å². The van der Waals surface area contributed by atoms with Crippen molar-refractivity contribution in [2.24, 2.45) is 0 Å². The Hall–Kier alpha value is -1.61. The van der Waals surface area contributed by atoms with Gasteiger partial charge in [-0.2, -0.15) is 0 Å². The average molecular weight is 467 g/mol. The van der Waals surface area contributed by atoms with E-state index in [1.165, 1.54) is 16.8 Å². The second kappa shape index (κ2) is 6.28. The maximum atomic E-state index is 13.0. The minimum Gasteiger partial charge on any atom is -0.370 e. The lowest BCUT2D eigenvalue weighted by molar-refractivity contribution is 0.588. The highest BCUT2D eigenvalue weighted by Gasteiger charge is 2.22. The quantitative estimate of drug-likeness (QED) is 0.551. The maximum Gasteiger partial charge on any atom is 0.269 e. The predicted octanol–water partition coefficient (Wildman–Crippen LogP) is 3.79. The van der Waals surface area contributed by atoms with E-state index in [1.807, 2.05) is 19.1 Å². The molecule has 3 aromatic rings. The Bertz CT molecular complexity index is 1040. The summed E-state index contributed by atoms with van der Waals surface area (Å²) < 4.78 is 28.2. The lowest BCUT2D eigenvalue weighted by Gasteiger charge is -2.17. The molecule has 130 valence electrons. The van der Waals surface area contributed by atoms with Crippen molar-refractivity contribution in [1.82, 2.24) is 8.96 Å². The second-order valence-electron chi connectivity index (χ2n) is 6.35. The summed E-state index contributed by atoms with van der Waals surface area (Å²) in [4.78, 5) is 7.07. The van der Waals surface area contributed by atoms with Gasteiger partial charge >= 0.3 is 0 Å². The van der Waals surface area contributed by atoms with Gasteiger partial charge in [-0.25, -0.2) is 17.4 Å². The zero-order valence-corrected chi connectivity index (χ0v) is 16.8. The molecule has 0 radical (unpaired) electrons. The number of halogens is 1. The monoisotopic (exact) mass is 467 g/mol. The van der Waals surface area contributed by atoms with Crippen molar-refractivity contribution in [3.8, 4) is 0 Å². The number of hydrogen-bond donors (Lipinski definition) is 0. The smallest absolute Gasteiger partial charge is 0.269 e. The zero-order chi connectivity index (χ0) is 17.6. The van der Waals surface area contributed by atoms with E-state index >= 15 is 0 Å². The van der Waals surface area contributed by atoms with Crippen molar-refractivity contribution in [3.63, 3.8) is 0 Å². The van der Waals surface area contributed by atoms with Gasteiger partial charge in [0, 0.05) is 28.2 Å². The summed E-state index contributed by atoms with van der Waals surface area (Å²) in [5.41, 5.74) is 2.57. The third-order valence-electron chi connectivity index (χ3n) is 4.60. The highest BCUT2D eigenvalue weighted by Crippen LogP contribution is 2.30. The minimum absolute atomic E-state index is 0.275. The molecule has 1 fully saturated rings. The molecule has 1 saturated heterocycles. The van der Waals surface area contributed by atoms with Crippen LogP contribution in [0.15, 0.2) is 47.6 Å². The van der Waals surface area contributed by atoms with Crippen LogP contribution in [0.4, 0.5) is 5.69 Å². The van der Waals surface area contributed by atoms with E-state index in [2.05, 4.69) is 38.5 Å². The minimum atomic E-state index is -3.66. The summed E-state index contributed by atoms with van der Waals surface area (Å²) in [6.45, 7) is 4.00. The number of anilines is 1. The van der Waals surface area contributed by atoms with Crippen LogP contribution in [-0.2, 0) is 10.0 Å². The number of nitrogens with zero attached hydrogens (tertiary/aromatic N) is 3. The fourth-order valence-electron chi connectivity index (χ4n) is 3.19. The third kappa shape index (κ3) is 2.93. The lowest BCUT2D eigenvalue weighted by Crippen LogP contribution is -2.18. The summed E-state index contributed by atoms with van der Waals surface area (Å²) in [5.74, 6) is 0. The Morgan fingerprint density at radius 2 is 1.80 bits per heavy atom. The molecule has 0 unspecified atom stereocenters. The Balaban J connectivity index is 1.84. The van der Waals surface area contributed by atoms with Crippen molar-refractivity contribution in [2.75, 3.05) is 18.0 Å².